The molecular formula is C16H25ClFN3O4S. The number of morpholine rings is 1. The molecule has 1 aliphatic heterocycles. The molecule has 0 bridgehead atoms. The van der Waals surface area contributed by atoms with Gasteiger partial charge in [-0.3, -0.25) is 4.79 Å². The van der Waals surface area contributed by atoms with Crippen molar-refractivity contribution in [2.45, 2.75) is 31.7 Å². The van der Waals surface area contributed by atoms with Crippen LogP contribution in [0.25, 0.3) is 0 Å². The molecule has 0 aromatic heterocycles. The van der Waals surface area contributed by atoms with Crippen LogP contribution in [-0.2, 0) is 19.6 Å². The Morgan fingerprint density at radius 2 is 1.88 bits per heavy atom. The molecule has 0 aliphatic carbocycles. The molecular weight excluding hydrogens is 385 g/mol. The molecule has 26 heavy (non-hydrogen) atoms. The van der Waals surface area contributed by atoms with Crippen molar-refractivity contribution in [2.24, 2.45) is 11.1 Å². The van der Waals surface area contributed by atoms with E-state index in [0.29, 0.717) is 0 Å². The van der Waals surface area contributed by atoms with Crippen molar-refractivity contribution in [3.05, 3.63) is 24.0 Å². The van der Waals surface area contributed by atoms with Gasteiger partial charge in [0.05, 0.1) is 19.3 Å². The van der Waals surface area contributed by atoms with Gasteiger partial charge in [-0.25, -0.2) is 12.8 Å². The summed E-state index contributed by atoms with van der Waals surface area (Å²) in [6, 6.07) is 2.65. The topological polar surface area (TPSA) is 102 Å². The van der Waals surface area contributed by atoms with E-state index in [-0.39, 0.29) is 44.4 Å². The molecule has 1 amide bonds. The lowest BCUT2D eigenvalue weighted by Crippen LogP contribution is -2.45. The zero-order chi connectivity index (χ0) is 18.8. The number of nitrogens with one attached hydrogen (secondary N) is 1. The Kier molecular flexibility index (Phi) is 7.55. The molecule has 10 heteroatoms. The monoisotopic (exact) mass is 409 g/mol. The van der Waals surface area contributed by atoms with Crippen molar-refractivity contribution < 1.29 is 22.3 Å². The Labute approximate surface area is 159 Å². The number of amides is 1. The smallest absolute Gasteiger partial charge is 0.246 e. The Morgan fingerprint density at radius 1 is 1.31 bits per heavy atom. The third-order valence-corrected chi connectivity index (χ3v) is 5.92. The summed E-state index contributed by atoms with van der Waals surface area (Å²) in [7, 11) is -4.00. The van der Waals surface area contributed by atoms with Crippen LogP contribution in [-0.4, -0.2) is 51.0 Å². The van der Waals surface area contributed by atoms with Crippen LogP contribution in [0.1, 0.15) is 20.8 Å². The summed E-state index contributed by atoms with van der Waals surface area (Å²) in [6.07, 6.45) is 0. The number of nitrogens with zero attached hydrogens (tertiary/aromatic N) is 1. The number of rotatable bonds is 4. The van der Waals surface area contributed by atoms with Gasteiger partial charge in [-0.1, -0.05) is 20.8 Å². The lowest BCUT2D eigenvalue weighted by Gasteiger charge is -2.27. The van der Waals surface area contributed by atoms with E-state index in [1.165, 1.54) is 10.4 Å². The minimum absolute atomic E-state index is 0. The van der Waals surface area contributed by atoms with Crippen LogP contribution in [0, 0.1) is 11.2 Å². The number of ether oxygens (including phenoxy) is 1. The highest BCUT2D eigenvalue weighted by Crippen LogP contribution is 2.25. The van der Waals surface area contributed by atoms with E-state index in [2.05, 4.69) is 5.32 Å². The maximum atomic E-state index is 14.1. The van der Waals surface area contributed by atoms with Crippen molar-refractivity contribution in [1.82, 2.24) is 4.31 Å². The molecule has 1 aromatic carbocycles. The Hall–Kier alpha value is -1.26. The Morgan fingerprint density at radius 3 is 2.42 bits per heavy atom. The zero-order valence-corrected chi connectivity index (χ0v) is 16.6. The molecule has 7 nitrogen and oxygen atoms in total. The minimum Gasteiger partial charge on any atom is -0.379 e. The SMILES string of the molecule is CC(C)(C)[C@H](N)C(=O)Nc1ccc(F)c(S(=O)(=O)N2CCOCC2)c1.Cl. The summed E-state index contributed by atoms with van der Waals surface area (Å²) in [5, 5.41) is 2.55. The first-order valence-corrected chi connectivity index (χ1v) is 9.41. The van der Waals surface area contributed by atoms with E-state index in [1.807, 2.05) is 20.8 Å². The first-order valence-electron chi connectivity index (χ1n) is 7.97. The molecule has 0 radical (unpaired) electrons. The number of benzene rings is 1. The van der Waals surface area contributed by atoms with Gasteiger partial charge >= 0.3 is 0 Å². The maximum Gasteiger partial charge on any atom is 0.246 e. The van der Waals surface area contributed by atoms with Gasteiger partial charge in [-0.15, -0.1) is 12.4 Å². The molecule has 1 atom stereocenters. The standard InChI is InChI=1S/C16H24FN3O4S.ClH/c1-16(2,3)14(18)15(21)19-11-4-5-12(17)13(10-11)25(22,23)20-6-8-24-9-7-20;/h4-5,10,14H,6-9,18H2,1-3H3,(H,19,21);1H/t14-;/m1./s1. The van der Waals surface area contributed by atoms with Gasteiger partial charge < -0.3 is 15.8 Å². The minimum atomic E-state index is -4.00. The van der Waals surface area contributed by atoms with Gasteiger partial charge in [0.2, 0.25) is 15.9 Å². The number of halogens is 2. The van der Waals surface area contributed by atoms with Gasteiger partial charge in [0.15, 0.2) is 0 Å². The number of sulfonamides is 1. The van der Waals surface area contributed by atoms with Crippen molar-refractivity contribution in [3.8, 4) is 0 Å². The van der Waals surface area contributed by atoms with Crippen molar-refractivity contribution in [2.75, 3.05) is 31.6 Å². The van der Waals surface area contributed by atoms with Gasteiger partial charge in [0, 0.05) is 18.8 Å². The highest BCUT2D eigenvalue weighted by molar-refractivity contribution is 7.89. The fourth-order valence-corrected chi connectivity index (χ4v) is 3.82. The molecule has 2 rings (SSSR count). The summed E-state index contributed by atoms with van der Waals surface area (Å²) < 4.78 is 45.7. The normalized spacial score (nSPS) is 17.3. The first-order chi connectivity index (χ1) is 11.5. The third-order valence-electron chi connectivity index (χ3n) is 4.00. The lowest BCUT2D eigenvalue weighted by molar-refractivity contribution is -0.119. The van der Waals surface area contributed by atoms with Crippen LogP contribution in [0.5, 0.6) is 0 Å². The summed E-state index contributed by atoms with van der Waals surface area (Å²) in [5.74, 6) is -1.33. The molecule has 0 spiro atoms. The molecule has 1 saturated heterocycles. The molecule has 1 aromatic rings. The first kappa shape index (κ1) is 22.8. The van der Waals surface area contributed by atoms with Crippen LogP contribution >= 0.6 is 12.4 Å². The number of carbonyl (C=O) groups is 1. The van der Waals surface area contributed by atoms with E-state index >= 15 is 0 Å². The zero-order valence-electron chi connectivity index (χ0n) is 15.0. The largest absolute Gasteiger partial charge is 0.379 e. The van der Waals surface area contributed by atoms with Gasteiger partial charge in [-0.05, 0) is 23.6 Å². The summed E-state index contributed by atoms with van der Waals surface area (Å²) in [5.41, 5.74) is 5.60. The van der Waals surface area contributed by atoms with Crippen LogP contribution in [0.15, 0.2) is 23.1 Å². The molecule has 3 N–H and O–H groups in total. The highest BCUT2D eigenvalue weighted by atomic mass is 35.5. The maximum absolute atomic E-state index is 14.1. The second-order valence-corrected chi connectivity index (χ2v) is 8.90. The predicted molar refractivity (Wildman–Crippen MR) is 99.3 cm³/mol. The van der Waals surface area contributed by atoms with E-state index in [1.54, 1.807) is 0 Å². The van der Waals surface area contributed by atoms with Crippen molar-refractivity contribution in [1.29, 1.82) is 0 Å². The average Bonchev–Trinajstić information content (AvgIpc) is 2.55. The third kappa shape index (κ3) is 5.14. The molecule has 0 unspecified atom stereocenters. The number of hydrogen-bond donors (Lipinski definition) is 2. The van der Waals surface area contributed by atoms with Crippen LogP contribution in [0.4, 0.5) is 10.1 Å². The molecule has 1 fully saturated rings. The van der Waals surface area contributed by atoms with Gasteiger partial charge in [0.1, 0.15) is 10.7 Å². The number of hydrogen-bond acceptors (Lipinski definition) is 5. The fourth-order valence-electron chi connectivity index (χ4n) is 2.32. The number of nitrogens with two attached hydrogens (primary N) is 1. The molecule has 1 heterocycles. The lowest BCUT2D eigenvalue weighted by atomic mass is 9.87. The van der Waals surface area contributed by atoms with Crippen LogP contribution < -0.4 is 11.1 Å². The van der Waals surface area contributed by atoms with Crippen LogP contribution in [0.2, 0.25) is 0 Å². The second kappa shape index (κ2) is 8.62. The number of anilines is 1. The Balaban J connectivity index is 0.00000338. The summed E-state index contributed by atoms with van der Waals surface area (Å²) in [6.45, 7) is 6.29. The van der Waals surface area contributed by atoms with E-state index in [9.17, 15) is 17.6 Å². The molecule has 148 valence electrons. The van der Waals surface area contributed by atoms with E-state index < -0.39 is 38.1 Å². The second-order valence-electron chi connectivity index (χ2n) is 6.99. The number of carbonyl (C=O) groups excluding carboxylic acids is 1. The van der Waals surface area contributed by atoms with Crippen LogP contribution in [0.3, 0.4) is 0 Å². The molecule has 0 saturated carbocycles. The summed E-state index contributed by atoms with van der Waals surface area (Å²) in [4.78, 5) is 11.7. The quantitative estimate of drug-likeness (QED) is 0.786. The Bertz CT molecular complexity index is 746. The predicted octanol–water partition coefficient (Wildman–Crippen LogP) is 1.58. The van der Waals surface area contributed by atoms with Crippen molar-refractivity contribution in [3.63, 3.8) is 0 Å². The average molecular weight is 410 g/mol. The molecule has 1 aliphatic rings. The fraction of sp³-hybridized carbons (Fsp3) is 0.562. The van der Waals surface area contributed by atoms with E-state index in [4.69, 9.17) is 10.5 Å². The van der Waals surface area contributed by atoms with E-state index in [0.717, 1.165) is 12.1 Å². The highest BCUT2D eigenvalue weighted by Gasteiger charge is 2.30. The van der Waals surface area contributed by atoms with Gasteiger partial charge in [-0.2, -0.15) is 4.31 Å². The summed E-state index contributed by atoms with van der Waals surface area (Å²) >= 11 is 0. The van der Waals surface area contributed by atoms with Gasteiger partial charge in [0.25, 0.3) is 0 Å². The van der Waals surface area contributed by atoms with Crippen molar-refractivity contribution >= 4 is 34.0 Å².